The Kier molecular flexibility index (Phi) is 17.9. The summed E-state index contributed by atoms with van der Waals surface area (Å²) in [7, 11) is -13.0. The number of unbranched alkanes of at least 4 members (excludes halogenated alkanes) is 2. The number of anilines is 1. The van der Waals surface area contributed by atoms with Crippen molar-refractivity contribution in [2.45, 2.75) is 126 Å². The Bertz CT molecular complexity index is 2890. The van der Waals surface area contributed by atoms with Crippen molar-refractivity contribution in [3.63, 3.8) is 0 Å². The third kappa shape index (κ3) is 12.4. The summed E-state index contributed by atoms with van der Waals surface area (Å²) in [5.41, 5.74) is 4.94. The van der Waals surface area contributed by atoms with Crippen LogP contribution in [-0.4, -0.2) is 68.9 Å². The molecule has 2 heterocycles. The van der Waals surface area contributed by atoms with E-state index in [1.165, 1.54) is 24.3 Å². The summed E-state index contributed by atoms with van der Waals surface area (Å²) in [6, 6.07) is 8.92. The summed E-state index contributed by atoms with van der Waals surface area (Å²) in [5, 5.41) is 0. The fraction of sp³-hybridized carbons (Fsp3) is 0.468. The second kappa shape index (κ2) is 22.6. The number of rotatable bonds is 24. The van der Waals surface area contributed by atoms with Crippen molar-refractivity contribution in [2.24, 2.45) is 13.7 Å². The van der Waals surface area contributed by atoms with Crippen molar-refractivity contribution in [1.29, 1.82) is 0 Å². The Hall–Kier alpha value is -5.09. The maximum Gasteiger partial charge on any atom is 0.316 e. The van der Waals surface area contributed by atoms with Gasteiger partial charge in [-0.15, -0.1) is 14.7 Å². The molecular formula is C47H60N5O12S4+. The van der Waals surface area contributed by atoms with Crippen LogP contribution in [0, 0.1) is 14.7 Å². The fourth-order valence-electron chi connectivity index (χ4n) is 9.12. The van der Waals surface area contributed by atoms with Crippen LogP contribution in [0.2, 0.25) is 0 Å². The normalized spacial score (nSPS) is 19.0. The average molecular weight is 1020 g/mol. The van der Waals surface area contributed by atoms with Crippen molar-refractivity contribution in [2.75, 3.05) is 29.5 Å². The van der Waals surface area contributed by atoms with Gasteiger partial charge < -0.3 is 14.2 Å². The van der Waals surface area contributed by atoms with E-state index < -0.39 is 57.7 Å². The van der Waals surface area contributed by atoms with Gasteiger partial charge >= 0.3 is 20.0 Å². The lowest BCUT2D eigenvalue weighted by Crippen LogP contribution is -2.30. The van der Waals surface area contributed by atoms with Gasteiger partial charge in [-0.2, -0.15) is 21.4 Å². The molecule has 21 heteroatoms. The van der Waals surface area contributed by atoms with E-state index in [1.807, 2.05) is 89.0 Å². The smallest absolute Gasteiger partial charge is 0.316 e. The number of hydrogen-bond acceptors (Lipinski definition) is 12. The molecule has 0 aromatic heterocycles. The molecule has 0 saturated carbocycles. The van der Waals surface area contributed by atoms with E-state index in [0.717, 1.165) is 41.1 Å². The average Bonchev–Trinajstić information content (AvgIpc) is 3.65. The molecule has 1 unspecified atom stereocenters. The number of sulfonamides is 3. The Labute approximate surface area is 402 Å². The molecule has 3 aliphatic rings. The molecule has 2 aromatic rings. The number of nitrogens with zero attached hydrogens (tertiary/aromatic N) is 5. The Morgan fingerprint density at radius 3 is 2.16 bits per heavy atom. The number of hydrogen-bond donors (Lipinski definition) is 1. The number of fused-ring (bicyclic) bond motifs is 2. The standard InChI is InChI=1S/C47H59N5O12S4/c1-7-9-10-19-36(16-8-2)64-45-34(20-26-43-46(3,4)39-32-37(67(60,61)49-54)22-24-41(39)51(43)28-11-13-30-65(56)57)17-15-18-35(45)21-27-44-47(5,6)40-33-38(68(62,63)50-55)23-25-42(40)52(44)29-12-14-31-66(58,59)48-53/h8-10,16,19,21-25,27,32-33H,7,11-15,17-18,20,26,28-31H2,1-6H3/p+1/b10-9+,16-8-,35-21+,36-19+,44-27+. The van der Waals surface area contributed by atoms with Gasteiger partial charge in [0.25, 0.3) is 10.0 Å². The van der Waals surface area contributed by atoms with E-state index in [2.05, 4.69) is 18.3 Å². The van der Waals surface area contributed by atoms with Gasteiger partial charge in [-0.3, -0.25) is 0 Å². The number of ether oxygens (including phenoxy) is 1. The monoisotopic (exact) mass is 1010 g/mol. The van der Waals surface area contributed by atoms with Crippen molar-refractivity contribution in [3.8, 4) is 0 Å². The molecule has 0 radical (unpaired) electrons. The van der Waals surface area contributed by atoms with Gasteiger partial charge in [0, 0.05) is 53.6 Å². The third-order valence-electron chi connectivity index (χ3n) is 12.6. The Morgan fingerprint density at radius 1 is 0.853 bits per heavy atom. The zero-order valence-corrected chi connectivity index (χ0v) is 42.5. The van der Waals surface area contributed by atoms with Crippen molar-refractivity contribution >= 4 is 58.2 Å². The quantitative estimate of drug-likeness (QED) is 0.0257. The summed E-state index contributed by atoms with van der Waals surface area (Å²) < 4.78 is 111. The maximum atomic E-state index is 12.6. The van der Waals surface area contributed by atoms with Crippen LogP contribution >= 0.6 is 0 Å². The molecule has 0 amide bonds. The maximum absolute atomic E-state index is 12.6. The number of nitroso groups, excluding NO2 is 3. The SMILES string of the molecule is C\C=C/C(=C\C=C\CC)OC1=C(CCC2=[N+](CCCCS(=O)O)c3ccc(S(=O)(=O)N=O)cc3C2(C)C)CCC/C1=C\C=C1\N(CCCCS(=O)(=O)N=O)c2ccc(S(=O)(=O)N=O)cc2C1(C)C. The van der Waals surface area contributed by atoms with Crippen LogP contribution in [0.25, 0.3) is 0 Å². The highest BCUT2D eigenvalue weighted by Gasteiger charge is 2.46. The largest absolute Gasteiger partial charge is 0.457 e. The van der Waals surface area contributed by atoms with Crippen LogP contribution in [-0.2, 0) is 56.7 Å². The third-order valence-corrected chi connectivity index (χ3v) is 16.3. The molecule has 0 spiro atoms. The van der Waals surface area contributed by atoms with Crippen LogP contribution in [0.3, 0.4) is 0 Å². The zero-order valence-electron chi connectivity index (χ0n) is 39.2. The first kappa shape index (κ1) is 53.9. The summed E-state index contributed by atoms with van der Waals surface area (Å²) >= 11 is -1.95. The second-order valence-electron chi connectivity index (χ2n) is 17.8. The minimum Gasteiger partial charge on any atom is -0.457 e. The lowest BCUT2D eigenvalue weighted by atomic mass is 9.79. The van der Waals surface area contributed by atoms with Gasteiger partial charge in [0.05, 0.1) is 34.7 Å². The van der Waals surface area contributed by atoms with Gasteiger partial charge in [-0.1, -0.05) is 45.1 Å². The molecule has 68 heavy (non-hydrogen) atoms. The van der Waals surface area contributed by atoms with Gasteiger partial charge in [0.1, 0.15) is 18.1 Å². The highest BCUT2D eigenvalue weighted by molar-refractivity contribution is 7.90. The highest BCUT2D eigenvalue weighted by atomic mass is 32.2. The fourth-order valence-corrected chi connectivity index (χ4v) is 11.4. The predicted molar refractivity (Wildman–Crippen MR) is 265 cm³/mol. The van der Waals surface area contributed by atoms with E-state index in [-0.39, 0.29) is 22.0 Å². The summed E-state index contributed by atoms with van der Waals surface area (Å²) in [6.07, 6.45) is 19.1. The minimum absolute atomic E-state index is 0.112. The molecule has 17 nitrogen and oxygen atoms in total. The molecule has 0 bridgehead atoms. The molecule has 1 aliphatic carbocycles. The minimum atomic E-state index is -4.46. The van der Waals surface area contributed by atoms with E-state index in [4.69, 9.17) is 4.74 Å². The van der Waals surface area contributed by atoms with Crippen LogP contribution in [0.5, 0.6) is 0 Å². The van der Waals surface area contributed by atoms with E-state index >= 15 is 0 Å². The van der Waals surface area contributed by atoms with E-state index in [9.17, 15) is 48.7 Å². The molecule has 1 N–H and O–H groups in total. The summed E-state index contributed by atoms with van der Waals surface area (Å²) in [6.45, 7) is 12.6. The topological polar surface area (TPSA) is 243 Å². The van der Waals surface area contributed by atoms with Crippen LogP contribution in [0.1, 0.15) is 117 Å². The highest BCUT2D eigenvalue weighted by Crippen LogP contribution is 2.49. The predicted octanol–water partition coefficient (Wildman–Crippen LogP) is 10.1. The molecule has 368 valence electrons. The Morgan fingerprint density at radius 2 is 1.53 bits per heavy atom. The zero-order chi connectivity index (χ0) is 50.1. The van der Waals surface area contributed by atoms with E-state index in [1.54, 1.807) is 12.1 Å². The lowest BCUT2D eigenvalue weighted by Gasteiger charge is -2.28. The summed E-state index contributed by atoms with van der Waals surface area (Å²) in [4.78, 5) is 35.1. The Balaban J connectivity index is 1.64. The molecule has 0 fully saturated rings. The second-order valence-corrected chi connectivity index (χ2v) is 23.7. The van der Waals surface area contributed by atoms with Crippen LogP contribution in [0.4, 0.5) is 11.4 Å². The molecule has 2 aliphatic heterocycles. The molecule has 2 aromatic carbocycles. The van der Waals surface area contributed by atoms with E-state index in [0.29, 0.717) is 86.4 Å². The molecule has 0 saturated heterocycles. The van der Waals surface area contributed by atoms with Gasteiger partial charge in [0.2, 0.25) is 5.69 Å². The van der Waals surface area contributed by atoms with Crippen molar-refractivity contribution < 1.29 is 43.3 Å². The first-order valence-corrected chi connectivity index (χ1v) is 28.2. The molecule has 5 rings (SSSR count). The number of benzene rings is 2. The molecule has 1 atom stereocenters. The van der Waals surface area contributed by atoms with Crippen LogP contribution in [0.15, 0.2) is 131 Å². The van der Waals surface area contributed by atoms with Gasteiger partial charge in [0.15, 0.2) is 16.8 Å². The molecular weight excluding hydrogens is 955 g/mol. The van der Waals surface area contributed by atoms with Gasteiger partial charge in [-0.05, 0) is 137 Å². The lowest BCUT2D eigenvalue weighted by molar-refractivity contribution is -0.440. The number of allylic oxidation sites excluding steroid dienone is 10. The van der Waals surface area contributed by atoms with Crippen molar-refractivity contribution in [1.82, 2.24) is 0 Å². The van der Waals surface area contributed by atoms with Gasteiger partial charge in [-0.25, -0.2) is 12.6 Å². The van der Waals surface area contributed by atoms with Crippen LogP contribution < -0.4 is 4.90 Å². The summed E-state index contributed by atoms with van der Waals surface area (Å²) in [5.74, 6) is 0.957. The first-order chi connectivity index (χ1) is 32.1. The first-order valence-electron chi connectivity index (χ1n) is 22.4. The van der Waals surface area contributed by atoms with Crippen molar-refractivity contribution in [3.05, 3.63) is 133 Å².